The fourth-order valence-electron chi connectivity index (χ4n) is 2.19. The number of ether oxygens (including phenoxy) is 1. The summed E-state index contributed by atoms with van der Waals surface area (Å²) in [5.41, 5.74) is 6.40. The van der Waals surface area contributed by atoms with Crippen LogP contribution in [0.4, 0.5) is 5.95 Å². The lowest BCUT2D eigenvalue weighted by Gasteiger charge is -2.16. The van der Waals surface area contributed by atoms with Crippen LogP contribution in [0, 0.1) is 0 Å². The predicted octanol–water partition coefficient (Wildman–Crippen LogP) is -1.22. The van der Waals surface area contributed by atoms with E-state index in [2.05, 4.69) is 30.9 Å². The molecule has 1 fully saturated rings. The fraction of sp³-hybridized carbons (Fsp3) is 0.500. The number of aliphatic hydroxyl groups excluding tert-OH is 3. The number of aromatic nitrogens is 4. The largest absolute Gasteiger partial charge is 0.394 e. The number of fused-ring (bicyclic) bond motifs is 1. The topological polar surface area (TPSA) is 140 Å². The third-order valence-electron chi connectivity index (χ3n) is 3.19. The highest BCUT2D eigenvalue weighted by molar-refractivity contribution is 9.10. The first-order valence-corrected chi connectivity index (χ1v) is 6.60. The van der Waals surface area contributed by atoms with E-state index >= 15 is 0 Å². The summed E-state index contributed by atoms with van der Waals surface area (Å²) in [7, 11) is 0. The molecule has 2 aromatic heterocycles. The van der Waals surface area contributed by atoms with Crippen molar-refractivity contribution in [1.82, 2.24) is 19.5 Å². The molecule has 1 saturated heterocycles. The molecule has 0 spiro atoms. The van der Waals surface area contributed by atoms with E-state index < -0.39 is 31.1 Å². The van der Waals surface area contributed by atoms with Crippen LogP contribution in [0.5, 0.6) is 0 Å². The van der Waals surface area contributed by atoms with Crippen LogP contribution < -0.4 is 5.73 Å². The standard InChI is InChI=1S/C10H12BrN5O4/c11-7-4-8(15-10(12)14-7)16(2-13-4)9-6(19)5(18)3(1-17)20-9/h2-3,5-6,9,17-19H,1H2,(H2,12,14,15)/t3-,5?,6+,9-/m1/s1. The Balaban J connectivity index is 2.07. The number of aliphatic hydroxyl groups is 3. The van der Waals surface area contributed by atoms with E-state index in [-0.39, 0.29) is 5.95 Å². The summed E-state index contributed by atoms with van der Waals surface area (Å²) in [6, 6.07) is 0. The summed E-state index contributed by atoms with van der Waals surface area (Å²) in [6.45, 7) is -0.401. The molecular weight excluding hydrogens is 334 g/mol. The van der Waals surface area contributed by atoms with Crippen molar-refractivity contribution in [2.75, 3.05) is 12.3 Å². The Bertz CT molecular complexity index is 650. The molecule has 0 aromatic carbocycles. The van der Waals surface area contributed by atoms with Gasteiger partial charge in [-0.25, -0.2) is 9.97 Å². The molecule has 1 aliphatic rings. The fourth-order valence-corrected chi connectivity index (χ4v) is 2.66. The zero-order valence-electron chi connectivity index (χ0n) is 10.1. The van der Waals surface area contributed by atoms with Gasteiger partial charge in [0.05, 0.1) is 12.9 Å². The van der Waals surface area contributed by atoms with Crippen LogP contribution in [0.15, 0.2) is 10.9 Å². The van der Waals surface area contributed by atoms with E-state index in [9.17, 15) is 10.2 Å². The van der Waals surface area contributed by atoms with Gasteiger partial charge in [0.2, 0.25) is 5.95 Å². The van der Waals surface area contributed by atoms with Gasteiger partial charge >= 0.3 is 0 Å². The molecule has 4 atom stereocenters. The van der Waals surface area contributed by atoms with Gasteiger partial charge in [-0.1, -0.05) is 0 Å². The highest BCUT2D eigenvalue weighted by Crippen LogP contribution is 2.32. The first kappa shape index (κ1) is 13.6. The molecule has 0 bridgehead atoms. The van der Waals surface area contributed by atoms with Crippen LogP contribution in [0.2, 0.25) is 0 Å². The van der Waals surface area contributed by atoms with E-state index in [1.165, 1.54) is 10.9 Å². The highest BCUT2D eigenvalue weighted by Gasteiger charge is 2.44. The van der Waals surface area contributed by atoms with Gasteiger partial charge in [0.15, 0.2) is 11.9 Å². The lowest BCUT2D eigenvalue weighted by Crippen LogP contribution is -2.33. The Kier molecular flexibility index (Phi) is 3.34. The maximum atomic E-state index is 10.0. The van der Waals surface area contributed by atoms with Crippen molar-refractivity contribution in [2.45, 2.75) is 24.5 Å². The predicted molar refractivity (Wildman–Crippen MR) is 70.4 cm³/mol. The van der Waals surface area contributed by atoms with E-state index in [4.69, 9.17) is 15.6 Å². The van der Waals surface area contributed by atoms with Gasteiger partial charge in [-0.2, -0.15) is 4.98 Å². The average Bonchev–Trinajstić information content (AvgIpc) is 2.93. The number of anilines is 1. The van der Waals surface area contributed by atoms with Crippen molar-refractivity contribution >= 4 is 33.0 Å². The summed E-state index contributed by atoms with van der Waals surface area (Å²) in [4.78, 5) is 12.1. The average molecular weight is 346 g/mol. The molecular formula is C10H12BrN5O4. The van der Waals surface area contributed by atoms with Crippen LogP contribution >= 0.6 is 15.9 Å². The Morgan fingerprint density at radius 1 is 1.35 bits per heavy atom. The van der Waals surface area contributed by atoms with Crippen LogP contribution in [-0.2, 0) is 4.74 Å². The third-order valence-corrected chi connectivity index (χ3v) is 3.74. The molecule has 0 amide bonds. The van der Waals surface area contributed by atoms with Gasteiger partial charge in [0.25, 0.3) is 0 Å². The summed E-state index contributed by atoms with van der Waals surface area (Å²) >= 11 is 3.22. The zero-order chi connectivity index (χ0) is 14.4. The lowest BCUT2D eigenvalue weighted by atomic mass is 10.1. The molecule has 0 radical (unpaired) electrons. The van der Waals surface area contributed by atoms with Crippen molar-refractivity contribution < 1.29 is 20.1 Å². The van der Waals surface area contributed by atoms with Gasteiger partial charge in [-0.3, -0.25) is 4.57 Å². The van der Waals surface area contributed by atoms with Crippen LogP contribution in [-0.4, -0.2) is 59.8 Å². The minimum atomic E-state index is -1.21. The van der Waals surface area contributed by atoms with Crippen molar-refractivity contribution in [3.63, 3.8) is 0 Å². The number of imidazole rings is 1. The van der Waals surface area contributed by atoms with E-state index in [1.807, 2.05) is 0 Å². The number of nitrogen functional groups attached to an aromatic ring is 1. The van der Waals surface area contributed by atoms with Gasteiger partial charge < -0.3 is 25.8 Å². The summed E-state index contributed by atoms with van der Waals surface area (Å²) in [5.74, 6) is 0.0397. The summed E-state index contributed by atoms with van der Waals surface area (Å²) in [6.07, 6.45) is -2.77. The molecule has 5 N–H and O–H groups in total. The monoisotopic (exact) mass is 345 g/mol. The number of nitrogens with two attached hydrogens (primary N) is 1. The molecule has 20 heavy (non-hydrogen) atoms. The molecule has 0 aliphatic carbocycles. The molecule has 3 heterocycles. The van der Waals surface area contributed by atoms with Crippen LogP contribution in [0.3, 0.4) is 0 Å². The number of hydrogen-bond acceptors (Lipinski definition) is 8. The second-order valence-corrected chi connectivity index (χ2v) is 5.18. The summed E-state index contributed by atoms with van der Waals surface area (Å²) in [5, 5.41) is 28.9. The first-order chi connectivity index (χ1) is 9.52. The Labute approximate surface area is 121 Å². The maximum absolute atomic E-state index is 10.0. The summed E-state index contributed by atoms with van der Waals surface area (Å²) < 4.78 is 7.29. The maximum Gasteiger partial charge on any atom is 0.223 e. The van der Waals surface area contributed by atoms with Crippen molar-refractivity contribution in [3.05, 3.63) is 10.9 Å². The zero-order valence-corrected chi connectivity index (χ0v) is 11.7. The smallest absolute Gasteiger partial charge is 0.223 e. The Hall–Kier alpha value is -1.33. The number of halogens is 1. The quantitative estimate of drug-likeness (QED) is 0.496. The molecule has 2 aromatic rings. The van der Waals surface area contributed by atoms with Crippen LogP contribution in [0.1, 0.15) is 6.23 Å². The first-order valence-electron chi connectivity index (χ1n) is 5.81. The molecule has 9 nitrogen and oxygen atoms in total. The number of rotatable bonds is 2. The second kappa shape index (κ2) is 4.90. The van der Waals surface area contributed by atoms with Crippen molar-refractivity contribution in [1.29, 1.82) is 0 Å². The minimum Gasteiger partial charge on any atom is -0.394 e. The normalized spacial score (nSPS) is 30.2. The van der Waals surface area contributed by atoms with Crippen molar-refractivity contribution in [3.8, 4) is 0 Å². The number of hydrogen-bond donors (Lipinski definition) is 4. The second-order valence-electron chi connectivity index (χ2n) is 4.43. The molecule has 10 heteroatoms. The molecule has 1 aliphatic heterocycles. The van der Waals surface area contributed by atoms with Crippen molar-refractivity contribution in [2.24, 2.45) is 0 Å². The molecule has 3 rings (SSSR count). The highest BCUT2D eigenvalue weighted by atomic mass is 79.9. The van der Waals surface area contributed by atoms with Gasteiger partial charge in [0.1, 0.15) is 28.4 Å². The molecule has 108 valence electrons. The Morgan fingerprint density at radius 2 is 2.10 bits per heavy atom. The van der Waals surface area contributed by atoms with Gasteiger partial charge in [-0.15, -0.1) is 0 Å². The van der Waals surface area contributed by atoms with Crippen LogP contribution in [0.25, 0.3) is 11.2 Å². The minimum absolute atomic E-state index is 0.0397. The SMILES string of the molecule is Nc1nc(Br)c2ncn([C@@H]3O[C@H](CO)C(O)[C@@H]3O)c2n1. The molecule has 0 saturated carbocycles. The third kappa shape index (κ3) is 1.96. The molecule has 1 unspecified atom stereocenters. The van der Waals surface area contributed by atoms with Gasteiger partial charge in [-0.05, 0) is 15.9 Å². The number of nitrogens with zero attached hydrogens (tertiary/aromatic N) is 4. The van der Waals surface area contributed by atoms with E-state index in [1.54, 1.807) is 0 Å². The lowest BCUT2D eigenvalue weighted by molar-refractivity contribution is -0.0511. The van der Waals surface area contributed by atoms with Gasteiger partial charge in [0, 0.05) is 0 Å². The Morgan fingerprint density at radius 3 is 2.75 bits per heavy atom. The van der Waals surface area contributed by atoms with E-state index in [0.717, 1.165) is 0 Å². The van der Waals surface area contributed by atoms with E-state index in [0.29, 0.717) is 15.8 Å².